The van der Waals surface area contributed by atoms with Gasteiger partial charge in [0.2, 0.25) is 0 Å². The Balaban J connectivity index is 1.45. The minimum atomic E-state index is -0.626. The van der Waals surface area contributed by atoms with Crippen molar-refractivity contribution < 1.29 is 14.3 Å². The van der Waals surface area contributed by atoms with Gasteiger partial charge in [-0.15, -0.1) is 0 Å². The Morgan fingerprint density at radius 2 is 1.64 bits per heavy atom. The highest BCUT2D eigenvalue weighted by Gasteiger charge is 2.20. The van der Waals surface area contributed by atoms with Crippen LogP contribution in [0, 0.1) is 0 Å². The van der Waals surface area contributed by atoms with E-state index in [9.17, 15) is 9.59 Å². The lowest BCUT2D eigenvalue weighted by Gasteiger charge is -2.11. The SMILES string of the molecule is O=C(Oc1c(Br)cc(Br)cc1C=NNC(=O)c1[nH]c2ccc(Br)cc2c1-c1ccccc1)c1ccccc1Cl. The molecule has 0 aliphatic heterocycles. The number of carbonyl (C=O) groups excluding carboxylic acids is 2. The summed E-state index contributed by atoms with van der Waals surface area (Å²) >= 11 is 16.6. The minimum absolute atomic E-state index is 0.224. The van der Waals surface area contributed by atoms with Crippen LogP contribution in [0.4, 0.5) is 0 Å². The molecule has 2 N–H and O–H groups in total. The van der Waals surface area contributed by atoms with Gasteiger partial charge in [-0.2, -0.15) is 5.10 Å². The molecule has 0 aliphatic carbocycles. The molecule has 6 nitrogen and oxygen atoms in total. The molecule has 0 bridgehead atoms. The van der Waals surface area contributed by atoms with Crippen LogP contribution < -0.4 is 10.2 Å². The molecule has 1 aromatic heterocycles. The first-order chi connectivity index (χ1) is 18.8. The zero-order valence-electron chi connectivity index (χ0n) is 19.8. The van der Waals surface area contributed by atoms with E-state index in [2.05, 4.69) is 63.3 Å². The Labute approximate surface area is 253 Å². The zero-order valence-corrected chi connectivity index (χ0v) is 25.4. The molecule has 39 heavy (non-hydrogen) atoms. The molecule has 0 fully saturated rings. The summed E-state index contributed by atoms with van der Waals surface area (Å²) < 4.78 is 7.79. The number of esters is 1. The average molecular weight is 731 g/mol. The zero-order chi connectivity index (χ0) is 27.5. The predicted octanol–water partition coefficient (Wildman–Crippen LogP) is 8.76. The third kappa shape index (κ3) is 6.01. The van der Waals surface area contributed by atoms with Gasteiger partial charge in [-0.25, -0.2) is 10.2 Å². The third-order valence-corrected chi connectivity index (χ3v) is 7.62. The van der Waals surface area contributed by atoms with Crippen molar-refractivity contribution in [2.24, 2.45) is 5.10 Å². The number of hydrogen-bond donors (Lipinski definition) is 2. The number of H-pyrrole nitrogens is 1. The molecule has 0 radical (unpaired) electrons. The van der Waals surface area contributed by atoms with Gasteiger partial charge in [0.25, 0.3) is 5.91 Å². The quantitative estimate of drug-likeness (QED) is 0.0794. The lowest BCUT2D eigenvalue weighted by molar-refractivity contribution is 0.0733. The Kier molecular flexibility index (Phi) is 8.32. The largest absolute Gasteiger partial charge is 0.421 e. The molecule has 0 atom stereocenters. The highest BCUT2D eigenvalue weighted by atomic mass is 79.9. The first-order valence-electron chi connectivity index (χ1n) is 11.5. The second kappa shape index (κ2) is 11.9. The second-order valence-electron chi connectivity index (χ2n) is 8.31. The number of amides is 1. The number of hydrogen-bond acceptors (Lipinski definition) is 4. The number of aromatic nitrogens is 1. The number of halogens is 4. The first kappa shape index (κ1) is 27.3. The fourth-order valence-electron chi connectivity index (χ4n) is 4.01. The normalized spacial score (nSPS) is 11.2. The van der Waals surface area contributed by atoms with Gasteiger partial charge >= 0.3 is 5.97 Å². The molecule has 0 spiro atoms. The number of carbonyl (C=O) groups is 2. The van der Waals surface area contributed by atoms with Crippen LogP contribution in [0.5, 0.6) is 5.75 Å². The van der Waals surface area contributed by atoms with Crippen LogP contribution >= 0.6 is 59.4 Å². The van der Waals surface area contributed by atoms with E-state index in [1.165, 1.54) is 6.21 Å². The summed E-state index contributed by atoms with van der Waals surface area (Å²) in [7, 11) is 0. The second-order valence-corrected chi connectivity index (χ2v) is 11.4. The Bertz CT molecular complexity index is 1750. The van der Waals surface area contributed by atoms with E-state index in [1.54, 1.807) is 36.4 Å². The van der Waals surface area contributed by atoms with Gasteiger partial charge in [-0.3, -0.25) is 4.79 Å². The highest BCUT2D eigenvalue weighted by Crippen LogP contribution is 2.35. The van der Waals surface area contributed by atoms with Gasteiger partial charge in [0.15, 0.2) is 5.75 Å². The summed E-state index contributed by atoms with van der Waals surface area (Å²) in [5.41, 5.74) is 6.10. The number of aromatic amines is 1. The van der Waals surface area contributed by atoms with E-state index in [0.717, 1.165) is 26.5 Å². The van der Waals surface area contributed by atoms with E-state index in [1.807, 2.05) is 48.5 Å². The van der Waals surface area contributed by atoms with Gasteiger partial charge in [-0.05, 0) is 64.0 Å². The van der Waals surface area contributed by atoms with E-state index in [0.29, 0.717) is 20.2 Å². The molecule has 1 amide bonds. The Morgan fingerprint density at radius 3 is 2.41 bits per heavy atom. The summed E-state index contributed by atoms with van der Waals surface area (Å²) in [5.74, 6) is -0.832. The molecular formula is C29H17Br3ClN3O3. The number of hydrazone groups is 1. The van der Waals surface area contributed by atoms with Crippen molar-refractivity contribution in [2.45, 2.75) is 0 Å². The van der Waals surface area contributed by atoms with Gasteiger partial charge in [-0.1, -0.05) is 85.9 Å². The monoisotopic (exact) mass is 727 g/mol. The van der Waals surface area contributed by atoms with Crippen molar-refractivity contribution >= 4 is 88.4 Å². The van der Waals surface area contributed by atoms with Crippen molar-refractivity contribution in [3.63, 3.8) is 0 Å². The summed E-state index contributed by atoms with van der Waals surface area (Å²) in [5, 5.41) is 5.34. The average Bonchev–Trinajstić information content (AvgIpc) is 3.30. The number of nitrogens with one attached hydrogen (secondary N) is 2. The first-order valence-corrected chi connectivity index (χ1v) is 14.2. The fraction of sp³-hybridized carbons (Fsp3) is 0. The molecule has 1 heterocycles. The van der Waals surface area contributed by atoms with Crippen LogP contribution in [-0.2, 0) is 0 Å². The molecular weight excluding hydrogens is 714 g/mol. The van der Waals surface area contributed by atoms with Crippen LogP contribution in [0.1, 0.15) is 26.4 Å². The minimum Gasteiger partial charge on any atom is -0.421 e. The molecule has 10 heteroatoms. The van der Waals surface area contributed by atoms with Crippen LogP contribution in [0.25, 0.3) is 22.0 Å². The predicted molar refractivity (Wildman–Crippen MR) is 165 cm³/mol. The van der Waals surface area contributed by atoms with E-state index in [-0.39, 0.29) is 16.3 Å². The summed E-state index contributed by atoms with van der Waals surface area (Å²) in [4.78, 5) is 29.3. The van der Waals surface area contributed by atoms with Crippen molar-refractivity contribution in [3.05, 3.63) is 120 Å². The Hall–Kier alpha value is -3.24. The standard InChI is InChI=1S/C29H17Br3ClN3O3/c30-18-10-11-24-21(13-18)25(16-6-2-1-3-7-16)26(35-24)28(37)36-34-15-17-12-19(31)14-22(32)27(17)39-29(38)20-8-4-5-9-23(20)33/h1-15,35H,(H,36,37). The number of fused-ring (bicyclic) bond motifs is 1. The lowest BCUT2D eigenvalue weighted by Crippen LogP contribution is -2.19. The van der Waals surface area contributed by atoms with Crippen molar-refractivity contribution in [3.8, 4) is 16.9 Å². The molecule has 0 saturated carbocycles. The van der Waals surface area contributed by atoms with E-state index in [4.69, 9.17) is 16.3 Å². The van der Waals surface area contributed by atoms with Crippen LogP contribution in [0.3, 0.4) is 0 Å². The number of rotatable bonds is 6. The summed E-state index contributed by atoms with van der Waals surface area (Å²) in [6.07, 6.45) is 1.41. The van der Waals surface area contributed by atoms with Crippen molar-refractivity contribution in [2.75, 3.05) is 0 Å². The van der Waals surface area contributed by atoms with E-state index >= 15 is 0 Å². The number of nitrogens with zero attached hydrogens (tertiary/aromatic N) is 1. The smallest absolute Gasteiger partial charge is 0.345 e. The van der Waals surface area contributed by atoms with E-state index < -0.39 is 11.9 Å². The van der Waals surface area contributed by atoms with Crippen LogP contribution in [0.15, 0.2) is 103 Å². The van der Waals surface area contributed by atoms with Gasteiger partial charge in [0.05, 0.1) is 21.3 Å². The maximum atomic E-state index is 13.3. The molecule has 0 aliphatic rings. The maximum absolute atomic E-state index is 13.3. The maximum Gasteiger partial charge on any atom is 0.345 e. The molecule has 0 saturated heterocycles. The van der Waals surface area contributed by atoms with Crippen LogP contribution in [0.2, 0.25) is 5.02 Å². The van der Waals surface area contributed by atoms with Crippen molar-refractivity contribution in [1.82, 2.24) is 10.4 Å². The third-order valence-electron chi connectivity index (χ3n) is 5.75. The van der Waals surface area contributed by atoms with Gasteiger partial charge < -0.3 is 9.72 Å². The Morgan fingerprint density at radius 1 is 0.897 bits per heavy atom. The molecule has 194 valence electrons. The number of benzene rings is 4. The van der Waals surface area contributed by atoms with Crippen LogP contribution in [-0.4, -0.2) is 23.1 Å². The molecule has 4 aromatic carbocycles. The number of ether oxygens (including phenoxy) is 1. The topological polar surface area (TPSA) is 83.5 Å². The molecule has 0 unspecified atom stereocenters. The van der Waals surface area contributed by atoms with Gasteiger partial charge in [0, 0.05) is 31.0 Å². The molecule has 5 rings (SSSR count). The van der Waals surface area contributed by atoms with Gasteiger partial charge in [0.1, 0.15) is 5.69 Å². The summed E-state index contributed by atoms with van der Waals surface area (Å²) in [6, 6.07) is 25.5. The summed E-state index contributed by atoms with van der Waals surface area (Å²) in [6.45, 7) is 0. The van der Waals surface area contributed by atoms with Crippen molar-refractivity contribution in [1.29, 1.82) is 0 Å². The fourth-order valence-corrected chi connectivity index (χ4v) is 5.93. The molecule has 5 aromatic rings. The highest BCUT2D eigenvalue weighted by molar-refractivity contribution is 9.11. The lowest BCUT2D eigenvalue weighted by atomic mass is 10.0.